The number of carbonyl (C=O) groups excluding carboxylic acids is 1. The normalized spacial score (nSPS) is 13.4. The van der Waals surface area contributed by atoms with Gasteiger partial charge in [0.05, 0.1) is 18.4 Å². The van der Waals surface area contributed by atoms with E-state index in [2.05, 4.69) is 36.4 Å². The van der Waals surface area contributed by atoms with Crippen LogP contribution < -0.4 is 0 Å². The molecule has 0 aliphatic carbocycles. The van der Waals surface area contributed by atoms with Gasteiger partial charge < -0.3 is 14.4 Å². The zero-order chi connectivity index (χ0) is 30.8. The first-order valence-corrected chi connectivity index (χ1v) is 14.9. The van der Waals surface area contributed by atoms with E-state index >= 15 is 0 Å². The predicted molar refractivity (Wildman–Crippen MR) is 174 cm³/mol. The maximum absolute atomic E-state index is 13.3. The van der Waals surface area contributed by atoms with Crippen molar-refractivity contribution in [2.45, 2.75) is 43.9 Å². The van der Waals surface area contributed by atoms with Crippen LogP contribution in [0.15, 0.2) is 146 Å². The van der Waals surface area contributed by atoms with E-state index in [1.165, 1.54) is 0 Å². The maximum atomic E-state index is 13.3. The largest absolute Gasteiger partial charge is 0.460 e. The highest BCUT2D eigenvalue weighted by atomic mass is 16.6. The van der Waals surface area contributed by atoms with Crippen LogP contribution >= 0.6 is 0 Å². The fraction of sp³-hybridized carbons (Fsp3) is 0.179. The summed E-state index contributed by atoms with van der Waals surface area (Å²) in [4.78, 5) is 18.2. The fourth-order valence-electron chi connectivity index (χ4n) is 6.08. The fourth-order valence-corrected chi connectivity index (χ4v) is 6.08. The minimum atomic E-state index is -1.76. The Labute approximate surface area is 258 Å². The lowest BCUT2D eigenvalue weighted by Crippen LogP contribution is -2.37. The molecule has 0 saturated carbocycles. The number of carbonyl (C=O) groups is 1. The van der Waals surface area contributed by atoms with Gasteiger partial charge in [-0.1, -0.05) is 127 Å². The molecule has 0 aliphatic heterocycles. The molecule has 0 radical (unpaired) electrons. The molecule has 1 aromatic heterocycles. The van der Waals surface area contributed by atoms with Crippen LogP contribution in [0.1, 0.15) is 55.1 Å². The molecule has 0 spiro atoms. The van der Waals surface area contributed by atoms with Gasteiger partial charge >= 0.3 is 5.97 Å². The van der Waals surface area contributed by atoms with E-state index in [1.54, 1.807) is 6.33 Å². The van der Waals surface area contributed by atoms with Crippen molar-refractivity contribution in [2.24, 2.45) is 0 Å². The van der Waals surface area contributed by atoms with Crippen molar-refractivity contribution in [1.82, 2.24) is 9.55 Å². The Morgan fingerprint density at radius 2 is 1.18 bits per heavy atom. The smallest absolute Gasteiger partial charge is 0.310 e. The van der Waals surface area contributed by atoms with Crippen molar-refractivity contribution in [1.29, 1.82) is 0 Å². The van der Waals surface area contributed by atoms with Crippen molar-refractivity contribution in [2.75, 3.05) is 0 Å². The molecule has 0 unspecified atom stereocenters. The van der Waals surface area contributed by atoms with Crippen LogP contribution in [0, 0.1) is 0 Å². The van der Waals surface area contributed by atoms with E-state index in [0.29, 0.717) is 11.3 Å². The summed E-state index contributed by atoms with van der Waals surface area (Å²) in [6.07, 6.45) is 3.32. The van der Waals surface area contributed by atoms with Gasteiger partial charge in [0.15, 0.2) is 0 Å². The summed E-state index contributed by atoms with van der Waals surface area (Å²) in [7, 11) is 0. The SMILES string of the molecule is CC(C)(C)OC(=O)C[C@](O)(c1ccc2ccccc2c1)c1cn(C(c2ccccc2)(c2ccccc2)c2ccccc2)cn1. The molecule has 0 fully saturated rings. The second-order valence-electron chi connectivity index (χ2n) is 12.2. The Hall–Kier alpha value is -5.00. The van der Waals surface area contributed by atoms with Gasteiger partial charge in [0.2, 0.25) is 0 Å². The third kappa shape index (κ3) is 5.43. The van der Waals surface area contributed by atoms with E-state index in [9.17, 15) is 9.90 Å². The maximum Gasteiger partial charge on any atom is 0.310 e. The number of esters is 1. The second kappa shape index (κ2) is 11.6. The van der Waals surface area contributed by atoms with Crippen LogP contribution in [0.2, 0.25) is 0 Å². The van der Waals surface area contributed by atoms with Crippen molar-refractivity contribution >= 4 is 16.7 Å². The van der Waals surface area contributed by atoms with Gasteiger partial charge in [0.25, 0.3) is 0 Å². The van der Waals surface area contributed by atoms with Gasteiger partial charge in [-0.25, -0.2) is 4.98 Å². The highest BCUT2D eigenvalue weighted by Crippen LogP contribution is 2.42. The number of aliphatic hydroxyl groups is 1. The summed E-state index contributed by atoms with van der Waals surface area (Å²) in [5, 5.41) is 14.6. The zero-order valence-electron chi connectivity index (χ0n) is 25.2. The molecule has 5 aromatic carbocycles. The summed E-state index contributed by atoms with van der Waals surface area (Å²) in [6.45, 7) is 5.47. The molecule has 5 nitrogen and oxygen atoms in total. The third-order valence-electron chi connectivity index (χ3n) is 8.02. The molecule has 0 aliphatic rings. The summed E-state index contributed by atoms with van der Waals surface area (Å²) in [5.41, 5.74) is 0.735. The molecule has 0 amide bonds. The average Bonchev–Trinajstić information content (AvgIpc) is 3.53. The zero-order valence-corrected chi connectivity index (χ0v) is 25.2. The van der Waals surface area contributed by atoms with E-state index in [4.69, 9.17) is 9.72 Å². The second-order valence-corrected chi connectivity index (χ2v) is 12.2. The number of ether oxygens (including phenoxy) is 1. The van der Waals surface area contributed by atoms with E-state index < -0.39 is 22.7 Å². The standard InChI is InChI=1S/C39H36N2O3/c1-37(2,3)44-36(42)26-38(43,34-24-23-29-15-13-14-16-30(29)25-34)35-27-41(28-40-35)39(31-17-7-4-8-18-31,32-19-9-5-10-20-32)33-21-11-6-12-22-33/h4-25,27-28,43H,26H2,1-3H3/t38-/m0/s1. The predicted octanol–water partition coefficient (Wildman–Crippen LogP) is 7.84. The monoisotopic (exact) mass is 580 g/mol. The minimum absolute atomic E-state index is 0.297. The van der Waals surface area contributed by atoms with Gasteiger partial charge in [-0.2, -0.15) is 0 Å². The Bertz CT molecular complexity index is 1780. The van der Waals surface area contributed by atoms with Gasteiger partial charge in [0.1, 0.15) is 16.7 Å². The van der Waals surface area contributed by atoms with E-state index in [-0.39, 0.29) is 6.42 Å². The molecular formula is C39H36N2O3. The van der Waals surface area contributed by atoms with Crippen LogP contribution in [0.3, 0.4) is 0 Å². The molecule has 1 atom stereocenters. The Balaban J connectivity index is 1.58. The highest BCUT2D eigenvalue weighted by Gasteiger charge is 2.42. The number of fused-ring (bicyclic) bond motifs is 1. The minimum Gasteiger partial charge on any atom is -0.460 e. The molecule has 5 heteroatoms. The van der Waals surface area contributed by atoms with E-state index in [1.807, 2.05) is 129 Å². The summed E-state index contributed by atoms with van der Waals surface area (Å²) in [6, 6.07) is 44.5. The molecule has 0 saturated heterocycles. The van der Waals surface area contributed by atoms with Crippen LogP contribution in [0.4, 0.5) is 0 Å². The van der Waals surface area contributed by atoms with Gasteiger partial charge in [-0.15, -0.1) is 0 Å². The topological polar surface area (TPSA) is 64.3 Å². The summed E-state index contributed by atoms with van der Waals surface area (Å²) >= 11 is 0. The lowest BCUT2D eigenvalue weighted by Gasteiger charge is -2.37. The number of aromatic nitrogens is 2. The first-order valence-electron chi connectivity index (χ1n) is 14.9. The molecule has 220 valence electrons. The lowest BCUT2D eigenvalue weighted by molar-refractivity contribution is -0.159. The number of benzene rings is 5. The third-order valence-corrected chi connectivity index (χ3v) is 8.02. The van der Waals surface area contributed by atoms with Gasteiger partial charge in [-0.3, -0.25) is 4.79 Å². The van der Waals surface area contributed by atoms with Crippen molar-refractivity contribution in [3.63, 3.8) is 0 Å². The number of hydrogen-bond acceptors (Lipinski definition) is 4. The van der Waals surface area contributed by atoms with Crippen LogP contribution in [-0.4, -0.2) is 26.2 Å². The molecule has 0 bridgehead atoms. The number of hydrogen-bond donors (Lipinski definition) is 1. The summed E-state index contributed by atoms with van der Waals surface area (Å²) < 4.78 is 7.76. The number of nitrogens with zero attached hydrogens (tertiary/aromatic N) is 2. The summed E-state index contributed by atoms with van der Waals surface area (Å²) in [5.74, 6) is -0.511. The molecule has 1 heterocycles. The van der Waals surface area contributed by atoms with Gasteiger partial charge in [0, 0.05) is 6.20 Å². The Morgan fingerprint density at radius 1 is 0.682 bits per heavy atom. The quantitative estimate of drug-likeness (QED) is 0.147. The molecule has 6 aromatic rings. The van der Waals surface area contributed by atoms with Crippen LogP contribution in [0.5, 0.6) is 0 Å². The van der Waals surface area contributed by atoms with Crippen molar-refractivity contribution in [3.05, 3.63) is 174 Å². The van der Waals surface area contributed by atoms with E-state index in [0.717, 1.165) is 27.5 Å². The first kappa shape index (κ1) is 29.1. The Kier molecular flexibility index (Phi) is 7.66. The number of rotatable bonds is 8. The lowest BCUT2D eigenvalue weighted by atomic mass is 9.76. The highest BCUT2D eigenvalue weighted by molar-refractivity contribution is 5.84. The molecule has 44 heavy (non-hydrogen) atoms. The van der Waals surface area contributed by atoms with Crippen LogP contribution in [-0.2, 0) is 20.7 Å². The first-order chi connectivity index (χ1) is 21.2. The van der Waals surface area contributed by atoms with Crippen molar-refractivity contribution in [3.8, 4) is 0 Å². The van der Waals surface area contributed by atoms with Crippen molar-refractivity contribution < 1.29 is 14.6 Å². The average molecular weight is 581 g/mol. The van der Waals surface area contributed by atoms with Crippen LogP contribution in [0.25, 0.3) is 10.8 Å². The molecule has 1 N–H and O–H groups in total. The van der Waals surface area contributed by atoms with Gasteiger partial charge in [-0.05, 0) is 59.9 Å². The Morgan fingerprint density at radius 3 is 1.70 bits per heavy atom. The number of imidazole rings is 1. The molecular weight excluding hydrogens is 544 g/mol. The molecule has 6 rings (SSSR count).